The molecule has 0 aliphatic carbocycles. The quantitative estimate of drug-likeness (QED) is 0.899. The molecule has 1 saturated heterocycles. The third kappa shape index (κ3) is 3.07. The largest absolute Gasteiger partial charge is 0.481 e. The van der Waals surface area contributed by atoms with Crippen molar-refractivity contribution in [1.82, 2.24) is 4.90 Å². The molecule has 102 valence electrons. The van der Waals surface area contributed by atoms with Crippen LogP contribution < -0.4 is 0 Å². The molecular weight excluding hydrogens is 256 g/mol. The van der Waals surface area contributed by atoms with Gasteiger partial charge in [-0.25, -0.2) is 8.78 Å². The smallest absolute Gasteiger partial charge is 0.310 e. The average molecular weight is 269 g/mol. The fourth-order valence-electron chi connectivity index (χ4n) is 1.94. The van der Waals surface area contributed by atoms with Crippen molar-refractivity contribution in [3.05, 3.63) is 35.4 Å². The second-order valence-corrected chi connectivity index (χ2v) is 4.58. The predicted molar refractivity (Wildman–Crippen MR) is 62.4 cm³/mol. The first-order valence-corrected chi connectivity index (χ1v) is 5.92. The van der Waals surface area contributed by atoms with Crippen LogP contribution in [0.3, 0.4) is 0 Å². The molecule has 1 aliphatic heterocycles. The molecule has 1 N–H and O–H groups in total. The number of amides is 1. The molecule has 0 atom stereocenters. The van der Waals surface area contributed by atoms with E-state index in [2.05, 4.69) is 0 Å². The summed E-state index contributed by atoms with van der Waals surface area (Å²) in [5, 5.41) is 8.68. The number of likely N-dealkylation sites (tertiary alicyclic amines) is 1. The van der Waals surface area contributed by atoms with Crippen LogP contribution in [0.15, 0.2) is 18.2 Å². The Kier molecular flexibility index (Phi) is 3.78. The van der Waals surface area contributed by atoms with Gasteiger partial charge in [-0.3, -0.25) is 9.59 Å². The maximum atomic E-state index is 12.9. The normalized spacial score (nSPS) is 15.2. The summed E-state index contributed by atoms with van der Waals surface area (Å²) < 4.78 is 25.6. The summed E-state index contributed by atoms with van der Waals surface area (Å²) in [4.78, 5) is 23.7. The molecule has 1 fully saturated rings. The van der Waals surface area contributed by atoms with E-state index < -0.39 is 23.5 Å². The number of halogens is 2. The van der Waals surface area contributed by atoms with E-state index in [1.807, 2.05) is 0 Å². The first-order chi connectivity index (χ1) is 8.97. The van der Waals surface area contributed by atoms with E-state index in [1.165, 1.54) is 11.0 Å². The topological polar surface area (TPSA) is 57.6 Å². The average Bonchev–Trinajstić information content (AvgIpc) is 2.28. The van der Waals surface area contributed by atoms with Crippen molar-refractivity contribution in [3.8, 4) is 0 Å². The summed E-state index contributed by atoms with van der Waals surface area (Å²) in [7, 11) is 0. The van der Waals surface area contributed by atoms with Crippen LogP contribution in [0.1, 0.15) is 12.0 Å². The number of carbonyl (C=O) groups excluding carboxylic acids is 1. The first kappa shape index (κ1) is 13.5. The van der Waals surface area contributed by atoms with Crippen molar-refractivity contribution < 1.29 is 23.5 Å². The van der Waals surface area contributed by atoms with Gasteiger partial charge in [0.2, 0.25) is 5.91 Å². The lowest BCUT2D eigenvalue weighted by Crippen LogP contribution is -2.53. The van der Waals surface area contributed by atoms with Gasteiger partial charge in [-0.05, 0) is 24.1 Å². The van der Waals surface area contributed by atoms with Crippen LogP contribution >= 0.6 is 0 Å². The Balaban J connectivity index is 1.81. The van der Waals surface area contributed by atoms with Crippen LogP contribution in [0.25, 0.3) is 0 Å². The predicted octanol–water partition coefficient (Wildman–Crippen LogP) is 1.44. The molecule has 1 aliphatic rings. The number of aryl methyl sites for hydroxylation is 1. The monoisotopic (exact) mass is 269 g/mol. The zero-order valence-electron chi connectivity index (χ0n) is 10.1. The van der Waals surface area contributed by atoms with Crippen molar-refractivity contribution in [1.29, 1.82) is 0 Å². The third-order valence-corrected chi connectivity index (χ3v) is 3.20. The molecule has 1 amide bonds. The van der Waals surface area contributed by atoms with E-state index in [-0.39, 0.29) is 25.4 Å². The maximum Gasteiger partial charge on any atom is 0.310 e. The SMILES string of the molecule is O=C(O)C1CN(C(=O)CCc2ccc(F)c(F)c2)C1. The van der Waals surface area contributed by atoms with Crippen LogP contribution in [0, 0.1) is 17.6 Å². The third-order valence-electron chi connectivity index (χ3n) is 3.20. The van der Waals surface area contributed by atoms with E-state index in [1.54, 1.807) is 0 Å². The molecule has 0 radical (unpaired) electrons. The van der Waals surface area contributed by atoms with E-state index in [0.29, 0.717) is 12.0 Å². The number of carboxylic acids is 1. The molecule has 6 heteroatoms. The molecule has 19 heavy (non-hydrogen) atoms. The molecular formula is C13H13F2NO3. The van der Waals surface area contributed by atoms with Crippen LogP contribution in [0.5, 0.6) is 0 Å². The zero-order chi connectivity index (χ0) is 14.0. The van der Waals surface area contributed by atoms with Gasteiger partial charge in [0.25, 0.3) is 0 Å². The number of hydrogen-bond acceptors (Lipinski definition) is 2. The van der Waals surface area contributed by atoms with Crippen molar-refractivity contribution in [2.45, 2.75) is 12.8 Å². The second kappa shape index (κ2) is 5.34. The lowest BCUT2D eigenvalue weighted by molar-refractivity contribution is -0.152. The summed E-state index contributed by atoms with van der Waals surface area (Å²) >= 11 is 0. The number of rotatable bonds is 4. The van der Waals surface area contributed by atoms with Crippen LogP contribution in [-0.4, -0.2) is 35.0 Å². The van der Waals surface area contributed by atoms with Crippen LogP contribution in [0.2, 0.25) is 0 Å². The molecule has 2 rings (SSSR count). The number of carbonyl (C=O) groups is 2. The highest BCUT2D eigenvalue weighted by atomic mass is 19.2. The number of hydrogen-bond donors (Lipinski definition) is 1. The van der Waals surface area contributed by atoms with Gasteiger partial charge in [-0.2, -0.15) is 0 Å². The number of aliphatic carboxylic acids is 1. The van der Waals surface area contributed by atoms with Crippen LogP contribution in [0.4, 0.5) is 8.78 Å². The molecule has 1 aromatic carbocycles. The van der Waals surface area contributed by atoms with Gasteiger partial charge in [-0.15, -0.1) is 0 Å². The van der Waals surface area contributed by atoms with Gasteiger partial charge in [0.05, 0.1) is 5.92 Å². The Hall–Kier alpha value is -1.98. The highest BCUT2D eigenvalue weighted by Crippen LogP contribution is 2.18. The Morgan fingerprint density at radius 1 is 1.26 bits per heavy atom. The summed E-state index contributed by atoms with van der Waals surface area (Å²) in [6.07, 6.45) is 0.474. The Morgan fingerprint density at radius 3 is 2.53 bits per heavy atom. The lowest BCUT2D eigenvalue weighted by Gasteiger charge is -2.36. The number of carboxylic acid groups (broad SMARTS) is 1. The number of nitrogens with zero attached hydrogens (tertiary/aromatic N) is 1. The summed E-state index contributed by atoms with van der Waals surface area (Å²) in [5.74, 6) is -3.39. The van der Waals surface area contributed by atoms with Gasteiger partial charge in [0, 0.05) is 19.5 Å². The van der Waals surface area contributed by atoms with Gasteiger partial charge in [-0.1, -0.05) is 6.07 Å². The second-order valence-electron chi connectivity index (χ2n) is 4.58. The summed E-state index contributed by atoms with van der Waals surface area (Å²) in [5.41, 5.74) is 0.544. The van der Waals surface area contributed by atoms with Gasteiger partial charge in [0.1, 0.15) is 0 Å². The minimum atomic E-state index is -0.931. The molecule has 1 heterocycles. The molecule has 0 bridgehead atoms. The first-order valence-electron chi connectivity index (χ1n) is 5.92. The number of benzene rings is 1. The fourth-order valence-corrected chi connectivity index (χ4v) is 1.94. The lowest BCUT2D eigenvalue weighted by atomic mass is 9.99. The highest BCUT2D eigenvalue weighted by molar-refractivity contribution is 5.81. The molecule has 1 aromatic rings. The molecule has 4 nitrogen and oxygen atoms in total. The van der Waals surface area contributed by atoms with Crippen molar-refractivity contribution in [3.63, 3.8) is 0 Å². The minimum Gasteiger partial charge on any atom is -0.481 e. The van der Waals surface area contributed by atoms with E-state index in [4.69, 9.17) is 5.11 Å². The Labute approximate surface area is 108 Å². The molecule has 0 unspecified atom stereocenters. The molecule has 0 aromatic heterocycles. The summed E-state index contributed by atoms with van der Waals surface area (Å²) in [6.45, 7) is 0.456. The van der Waals surface area contributed by atoms with E-state index in [0.717, 1.165) is 12.1 Å². The maximum absolute atomic E-state index is 12.9. The van der Waals surface area contributed by atoms with E-state index in [9.17, 15) is 18.4 Å². The van der Waals surface area contributed by atoms with Crippen molar-refractivity contribution >= 4 is 11.9 Å². The van der Waals surface area contributed by atoms with E-state index >= 15 is 0 Å². The van der Waals surface area contributed by atoms with Crippen molar-refractivity contribution in [2.75, 3.05) is 13.1 Å². The molecule has 0 spiro atoms. The van der Waals surface area contributed by atoms with Crippen molar-refractivity contribution in [2.24, 2.45) is 5.92 Å². The van der Waals surface area contributed by atoms with Gasteiger partial charge in [0.15, 0.2) is 11.6 Å². The minimum absolute atomic E-state index is 0.164. The van der Waals surface area contributed by atoms with Crippen LogP contribution in [-0.2, 0) is 16.0 Å². The fraction of sp³-hybridized carbons (Fsp3) is 0.385. The Bertz CT molecular complexity index is 513. The van der Waals surface area contributed by atoms with Gasteiger partial charge < -0.3 is 10.0 Å². The molecule has 0 saturated carbocycles. The van der Waals surface area contributed by atoms with Gasteiger partial charge >= 0.3 is 5.97 Å². The Morgan fingerprint density at radius 2 is 1.95 bits per heavy atom. The zero-order valence-corrected chi connectivity index (χ0v) is 10.1. The highest BCUT2D eigenvalue weighted by Gasteiger charge is 2.35. The summed E-state index contributed by atoms with van der Waals surface area (Å²) in [6, 6.07) is 3.53. The standard InChI is InChI=1S/C13H13F2NO3/c14-10-3-1-8(5-11(10)15)2-4-12(17)16-6-9(7-16)13(18)19/h1,3,5,9H,2,4,6-7H2,(H,18,19).